The minimum Gasteiger partial charge on any atom is -0.490 e. The number of halogens is 1. The van der Waals surface area contributed by atoms with Crippen LogP contribution in [0.2, 0.25) is 0 Å². The van der Waals surface area contributed by atoms with Crippen molar-refractivity contribution in [2.24, 2.45) is 0 Å². The highest BCUT2D eigenvalue weighted by molar-refractivity contribution is 5.77. The number of carbonyl (C=O) groups excluding carboxylic acids is 1. The van der Waals surface area contributed by atoms with Gasteiger partial charge in [-0.05, 0) is 49.2 Å². The zero-order valence-electron chi connectivity index (χ0n) is 23.3. The largest absolute Gasteiger partial charge is 0.490 e. The number of amides is 1. The van der Waals surface area contributed by atoms with Gasteiger partial charge in [0.25, 0.3) is 5.56 Å². The Morgan fingerprint density at radius 2 is 1.71 bits per heavy atom. The smallest absolute Gasteiger partial charge is 0.278 e. The maximum atomic E-state index is 14.3. The molecule has 2 aliphatic rings. The van der Waals surface area contributed by atoms with Gasteiger partial charge >= 0.3 is 0 Å². The molecule has 0 atom stereocenters. The van der Waals surface area contributed by atoms with Crippen LogP contribution in [0.5, 0.6) is 17.4 Å². The van der Waals surface area contributed by atoms with Gasteiger partial charge in [-0.25, -0.2) is 13.8 Å². The first-order valence-corrected chi connectivity index (χ1v) is 14.1. The number of anilines is 1. The molecule has 41 heavy (non-hydrogen) atoms. The van der Waals surface area contributed by atoms with E-state index in [2.05, 4.69) is 6.92 Å². The second-order valence-electron chi connectivity index (χ2n) is 10.3. The number of hydrogen-bond donors (Lipinski definition) is 0. The molecule has 0 spiro atoms. The number of piperazine rings is 1. The van der Waals surface area contributed by atoms with Crippen molar-refractivity contribution in [3.63, 3.8) is 0 Å². The van der Waals surface area contributed by atoms with E-state index in [-0.39, 0.29) is 23.8 Å². The number of ether oxygens (including phenoxy) is 2. The van der Waals surface area contributed by atoms with Crippen LogP contribution >= 0.6 is 0 Å². The first kappa shape index (κ1) is 26.7. The Morgan fingerprint density at radius 1 is 0.951 bits per heavy atom. The number of aromatic nitrogens is 2. The Kier molecular flexibility index (Phi) is 7.26. The Hall–Kier alpha value is -4.53. The van der Waals surface area contributed by atoms with Gasteiger partial charge in [0.2, 0.25) is 11.8 Å². The minimum atomic E-state index is -0.270. The highest BCUT2D eigenvalue weighted by Crippen LogP contribution is 2.42. The molecule has 1 aromatic heterocycles. The topological polar surface area (TPSA) is 68.9 Å². The fraction of sp³-hybridized carbons (Fsp3) is 0.312. The number of fused-ring (bicyclic) bond motifs is 2. The number of hydrogen-bond acceptors (Lipinski definition) is 5. The Balaban J connectivity index is 1.33. The average Bonchev–Trinajstić information content (AvgIpc) is 3.26. The Bertz CT molecular complexity index is 1630. The first-order chi connectivity index (χ1) is 20.0. The second kappa shape index (κ2) is 11.2. The van der Waals surface area contributed by atoms with Crippen LogP contribution in [0.3, 0.4) is 0 Å². The summed E-state index contributed by atoms with van der Waals surface area (Å²) in [6.07, 6.45) is 1.25. The van der Waals surface area contributed by atoms with Crippen LogP contribution in [0.1, 0.15) is 30.5 Å². The fourth-order valence-corrected chi connectivity index (χ4v) is 5.62. The fourth-order valence-electron chi connectivity index (χ4n) is 5.62. The normalized spacial score (nSPS) is 14.3. The molecule has 3 aromatic carbocycles. The summed E-state index contributed by atoms with van der Waals surface area (Å²) < 4.78 is 29.7. The summed E-state index contributed by atoms with van der Waals surface area (Å²) in [4.78, 5) is 31.3. The molecule has 0 bridgehead atoms. The van der Waals surface area contributed by atoms with Crippen molar-refractivity contribution in [2.45, 2.75) is 33.2 Å². The molecule has 3 heterocycles. The van der Waals surface area contributed by atoms with Crippen molar-refractivity contribution in [1.82, 2.24) is 14.3 Å². The number of aryl methyl sites for hydroxylation is 1. The van der Waals surface area contributed by atoms with E-state index in [1.165, 1.54) is 6.07 Å². The van der Waals surface area contributed by atoms with Gasteiger partial charge in [0.1, 0.15) is 12.4 Å². The molecule has 1 fully saturated rings. The molecular weight excluding hydrogens is 523 g/mol. The van der Waals surface area contributed by atoms with Gasteiger partial charge in [-0.3, -0.25) is 9.59 Å². The highest BCUT2D eigenvalue weighted by Gasteiger charge is 2.32. The van der Waals surface area contributed by atoms with Crippen LogP contribution in [-0.2, 0) is 24.2 Å². The number of rotatable bonds is 7. The van der Waals surface area contributed by atoms with E-state index in [9.17, 15) is 14.0 Å². The molecule has 0 aliphatic carbocycles. The van der Waals surface area contributed by atoms with E-state index in [1.54, 1.807) is 26.4 Å². The summed E-state index contributed by atoms with van der Waals surface area (Å²) in [5.74, 6) is 1.12. The van der Waals surface area contributed by atoms with Crippen LogP contribution in [0.4, 0.5) is 10.1 Å². The average molecular weight is 557 g/mol. The summed E-state index contributed by atoms with van der Waals surface area (Å²) in [5, 5.41) is 0. The van der Waals surface area contributed by atoms with E-state index in [1.807, 2.05) is 60.4 Å². The van der Waals surface area contributed by atoms with Gasteiger partial charge in [-0.2, -0.15) is 0 Å². The molecule has 0 saturated carbocycles. The monoisotopic (exact) mass is 556 g/mol. The van der Waals surface area contributed by atoms with Crippen molar-refractivity contribution in [3.8, 4) is 23.1 Å². The highest BCUT2D eigenvalue weighted by atomic mass is 19.1. The Labute approximate surface area is 238 Å². The zero-order valence-corrected chi connectivity index (χ0v) is 23.3. The Morgan fingerprint density at radius 3 is 2.41 bits per heavy atom. The SMILES string of the molecule is CCOc1cccc2c1Oc1c(c(=O)n(-c3ccc(CC)cc3)n1CC(=O)N1CCN(c3ccccc3F)CC1)C2. The third-order valence-corrected chi connectivity index (χ3v) is 7.81. The molecule has 212 valence electrons. The van der Waals surface area contributed by atoms with Crippen molar-refractivity contribution < 1.29 is 18.7 Å². The summed E-state index contributed by atoms with van der Waals surface area (Å²) in [6.45, 7) is 6.31. The maximum absolute atomic E-state index is 14.3. The van der Waals surface area contributed by atoms with E-state index in [0.717, 1.165) is 17.5 Å². The lowest BCUT2D eigenvalue weighted by molar-refractivity contribution is -0.132. The molecule has 1 saturated heterocycles. The van der Waals surface area contributed by atoms with Crippen LogP contribution in [0.15, 0.2) is 71.5 Å². The van der Waals surface area contributed by atoms with Crippen molar-refractivity contribution in [2.75, 3.05) is 37.7 Å². The molecule has 0 N–H and O–H groups in total. The van der Waals surface area contributed by atoms with E-state index < -0.39 is 0 Å². The zero-order chi connectivity index (χ0) is 28.5. The van der Waals surface area contributed by atoms with E-state index in [4.69, 9.17) is 9.47 Å². The lowest BCUT2D eigenvalue weighted by atomic mass is 10.0. The predicted molar refractivity (Wildman–Crippen MR) is 155 cm³/mol. The van der Waals surface area contributed by atoms with Crippen molar-refractivity contribution in [1.29, 1.82) is 0 Å². The van der Waals surface area contributed by atoms with Crippen LogP contribution in [0.25, 0.3) is 5.69 Å². The first-order valence-electron chi connectivity index (χ1n) is 14.1. The second-order valence-corrected chi connectivity index (χ2v) is 10.3. The van der Waals surface area contributed by atoms with Gasteiger partial charge in [0.15, 0.2) is 11.5 Å². The molecule has 8 nitrogen and oxygen atoms in total. The van der Waals surface area contributed by atoms with Crippen LogP contribution in [-0.4, -0.2) is 53.0 Å². The molecule has 4 aromatic rings. The predicted octanol–water partition coefficient (Wildman–Crippen LogP) is 4.78. The number of benzene rings is 3. The molecule has 0 radical (unpaired) electrons. The maximum Gasteiger partial charge on any atom is 0.278 e. The summed E-state index contributed by atoms with van der Waals surface area (Å²) in [5.41, 5.74) is 3.51. The molecular formula is C32H33FN4O4. The van der Waals surface area contributed by atoms with Crippen molar-refractivity contribution in [3.05, 3.63) is 99.6 Å². The van der Waals surface area contributed by atoms with Crippen LogP contribution in [0, 0.1) is 5.82 Å². The molecule has 2 aliphatic heterocycles. The molecule has 6 rings (SSSR count). The van der Waals surface area contributed by atoms with Gasteiger partial charge in [-0.1, -0.05) is 43.3 Å². The third-order valence-electron chi connectivity index (χ3n) is 7.81. The molecule has 0 unspecified atom stereocenters. The van der Waals surface area contributed by atoms with Gasteiger partial charge in [0.05, 0.1) is 23.5 Å². The van der Waals surface area contributed by atoms with Gasteiger partial charge < -0.3 is 19.3 Å². The van der Waals surface area contributed by atoms with Gasteiger partial charge in [0, 0.05) is 38.2 Å². The third kappa shape index (κ3) is 4.96. The number of para-hydroxylation sites is 2. The number of carbonyl (C=O) groups is 1. The lowest BCUT2D eigenvalue weighted by Crippen LogP contribution is -2.50. The van der Waals surface area contributed by atoms with Crippen molar-refractivity contribution >= 4 is 11.6 Å². The summed E-state index contributed by atoms with van der Waals surface area (Å²) >= 11 is 0. The van der Waals surface area contributed by atoms with Gasteiger partial charge in [-0.15, -0.1) is 0 Å². The minimum absolute atomic E-state index is 0.0774. The molecule has 9 heteroatoms. The number of nitrogens with zero attached hydrogens (tertiary/aromatic N) is 4. The quantitative estimate of drug-likeness (QED) is 0.289. The van der Waals surface area contributed by atoms with E-state index in [0.29, 0.717) is 73.5 Å². The molecule has 1 amide bonds. The summed E-state index contributed by atoms with van der Waals surface area (Å²) in [6, 6.07) is 20.1. The van der Waals surface area contributed by atoms with Crippen LogP contribution < -0.4 is 19.9 Å². The lowest BCUT2D eigenvalue weighted by Gasteiger charge is -2.36. The standard InChI is InChI=1S/C32H33FN4O4/c1-3-22-12-14-24(15-13-22)37-31(39)25-20-23-8-7-11-28(40-4-2)30(23)41-32(25)36(37)21-29(38)35-18-16-34(17-19-35)27-10-6-5-9-26(27)33/h5-15H,3-4,16-21H2,1-2H3. The summed E-state index contributed by atoms with van der Waals surface area (Å²) in [7, 11) is 0. The van der Waals surface area contributed by atoms with E-state index >= 15 is 0 Å².